The summed E-state index contributed by atoms with van der Waals surface area (Å²) < 4.78 is 0. The lowest BCUT2D eigenvalue weighted by Crippen LogP contribution is -2.28. The molecule has 0 amide bonds. The van der Waals surface area contributed by atoms with Gasteiger partial charge in [-0.15, -0.1) is 22.7 Å². The lowest BCUT2D eigenvalue weighted by molar-refractivity contribution is 0.750. The van der Waals surface area contributed by atoms with E-state index in [2.05, 4.69) is 22.4 Å². The molecule has 1 aliphatic rings. The summed E-state index contributed by atoms with van der Waals surface area (Å²) in [4.78, 5) is 4.42. The van der Waals surface area contributed by atoms with Crippen molar-refractivity contribution in [2.75, 3.05) is 17.2 Å². The molecule has 0 saturated heterocycles. The largest absolute Gasteiger partial charge is 0.397 e. The van der Waals surface area contributed by atoms with Gasteiger partial charge in [0.05, 0.1) is 10.7 Å². The zero-order valence-electron chi connectivity index (χ0n) is 9.14. The molecule has 3 rings (SSSR count). The fraction of sp³-hybridized carbons (Fsp3) is 0.250. The van der Waals surface area contributed by atoms with Gasteiger partial charge in [-0.25, -0.2) is 0 Å². The standard InChI is InChI=1S/C12H11N3S2/c13-6-11-9(14)5-12(17-11)15-3-1-10-8(7-15)2-4-16-10/h2,4-5H,1,3,7,14H2. The topological polar surface area (TPSA) is 53.0 Å². The lowest BCUT2D eigenvalue weighted by atomic mass is 10.1. The van der Waals surface area contributed by atoms with E-state index in [-0.39, 0.29) is 0 Å². The highest BCUT2D eigenvalue weighted by Crippen LogP contribution is 2.35. The maximum absolute atomic E-state index is 8.92. The van der Waals surface area contributed by atoms with E-state index in [0.717, 1.165) is 24.5 Å². The van der Waals surface area contributed by atoms with Gasteiger partial charge in [-0.05, 0) is 29.5 Å². The Labute approximate surface area is 108 Å². The minimum atomic E-state index is 0.601. The van der Waals surface area contributed by atoms with Crippen LogP contribution in [-0.4, -0.2) is 6.54 Å². The Hall–Kier alpha value is -1.51. The van der Waals surface area contributed by atoms with Crippen LogP contribution in [0, 0.1) is 11.3 Å². The Bertz CT molecular complexity index is 591. The van der Waals surface area contributed by atoms with E-state index in [0.29, 0.717) is 10.6 Å². The highest BCUT2D eigenvalue weighted by molar-refractivity contribution is 7.17. The van der Waals surface area contributed by atoms with E-state index >= 15 is 0 Å². The van der Waals surface area contributed by atoms with Crippen LogP contribution >= 0.6 is 22.7 Å². The molecule has 0 spiro atoms. The number of rotatable bonds is 1. The smallest absolute Gasteiger partial charge is 0.129 e. The first-order chi connectivity index (χ1) is 8.28. The molecule has 0 aliphatic carbocycles. The highest BCUT2D eigenvalue weighted by atomic mass is 32.1. The molecule has 17 heavy (non-hydrogen) atoms. The SMILES string of the molecule is N#Cc1sc(N2CCc3sccc3C2)cc1N. The maximum Gasteiger partial charge on any atom is 0.129 e. The van der Waals surface area contributed by atoms with Crippen LogP contribution < -0.4 is 10.6 Å². The van der Waals surface area contributed by atoms with Gasteiger partial charge < -0.3 is 10.6 Å². The predicted molar refractivity (Wildman–Crippen MR) is 72.5 cm³/mol. The average molecular weight is 261 g/mol. The average Bonchev–Trinajstić information content (AvgIpc) is 2.93. The summed E-state index contributed by atoms with van der Waals surface area (Å²) in [5, 5.41) is 12.2. The molecule has 1 aliphatic heterocycles. The fourth-order valence-corrected chi connectivity index (χ4v) is 3.86. The molecule has 0 unspecified atom stereocenters. The van der Waals surface area contributed by atoms with E-state index in [9.17, 15) is 0 Å². The van der Waals surface area contributed by atoms with Gasteiger partial charge >= 0.3 is 0 Å². The highest BCUT2D eigenvalue weighted by Gasteiger charge is 2.19. The molecule has 3 heterocycles. The molecule has 86 valence electrons. The fourth-order valence-electron chi connectivity index (χ4n) is 2.07. The first-order valence-corrected chi connectivity index (χ1v) is 7.07. The van der Waals surface area contributed by atoms with Crippen LogP contribution in [0.1, 0.15) is 15.3 Å². The minimum Gasteiger partial charge on any atom is -0.397 e. The lowest BCUT2D eigenvalue weighted by Gasteiger charge is -2.27. The Morgan fingerprint density at radius 1 is 1.47 bits per heavy atom. The number of thiophene rings is 2. The Balaban J connectivity index is 1.89. The summed E-state index contributed by atoms with van der Waals surface area (Å²) in [6.45, 7) is 1.95. The molecule has 2 N–H and O–H groups in total. The van der Waals surface area contributed by atoms with Crippen LogP contribution in [0.4, 0.5) is 10.7 Å². The maximum atomic E-state index is 8.92. The second kappa shape index (κ2) is 4.06. The van der Waals surface area contributed by atoms with E-state index in [1.165, 1.54) is 21.8 Å². The van der Waals surface area contributed by atoms with Crippen LogP contribution in [0.25, 0.3) is 0 Å². The normalized spacial score (nSPS) is 14.4. The summed E-state index contributed by atoms with van der Waals surface area (Å²) in [7, 11) is 0. The van der Waals surface area contributed by atoms with Gasteiger partial charge in [0.2, 0.25) is 0 Å². The molecule has 2 aromatic rings. The molecule has 0 aromatic carbocycles. The van der Waals surface area contributed by atoms with Gasteiger partial charge in [0.15, 0.2) is 0 Å². The van der Waals surface area contributed by atoms with Crippen LogP contribution in [0.2, 0.25) is 0 Å². The van der Waals surface area contributed by atoms with E-state index in [1.807, 2.05) is 17.4 Å². The summed E-state index contributed by atoms with van der Waals surface area (Å²) >= 11 is 3.32. The van der Waals surface area contributed by atoms with Gasteiger partial charge in [0.25, 0.3) is 0 Å². The molecule has 0 saturated carbocycles. The molecular formula is C12H11N3S2. The third kappa shape index (κ3) is 1.79. The molecule has 0 atom stereocenters. The number of nitrogens with two attached hydrogens (primary N) is 1. The number of nitriles is 1. The van der Waals surface area contributed by atoms with Crippen LogP contribution in [0.5, 0.6) is 0 Å². The predicted octanol–water partition coefficient (Wildman–Crippen LogP) is 2.83. The van der Waals surface area contributed by atoms with Crippen molar-refractivity contribution in [1.82, 2.24) is 0 Å². The van der Waals surface area contributed by atoms with Crippen molar-refractivity contribution in [2.24, 2.45) is 0 Å². The monoisotopic (exact) mass is 261 g/mol. The molecule has 0 bridgehead atoms. The van der Waals surface area contributed by atoms with E-state index in [4.69, 9.17) is 11.0 Å². The zero-order valence-corrected chi connectivity index (χ0v) is 10.8. The van der Waals surface area contributed by atoms with Crippen molar-refractivity contribution in [3.63, 3.8) is 0 Å². The summed E-state index contributed by atoms with van der Waals surface area (Å²) in [5.74, 6) is 0. The van der Waals surface area contributed by atoms with Crippen LogP contribution in [-0.2, 0) is 13.0 Å². The summed E-state index contributed by atoms with van der Waals surface area (Å²) in [5.41, 5.74) is 7.81. The van der Waals surface area contributed by atoms with Crippen molar-refractivity contribution in [3.8, 4) is 6.07 Å². The van der Waals surface area contributed by atoms with Gasteiger partial charge in [-0.3, -0.25) is 0 Å². The molecule has 0 radical (unpaired) electrons. The first kappa shape index (κ1) is 10.6. The van der Waals surface area contributed by atoms with Crippen molar-refractivity contribution in [2.45, 2.75) is 13.0 Å². The van der Waals surface area contributed by atoms with Crippen molar-refractivity contribution >= 4 is 33.4 Å². The molecule has 3 nitrogen and oxygen atoms in total. The summed E-state index contributed by atoms with van der Waals surface area (Å²) in [6.07, 6.45) is 1.09. The zero-order chi connectivity index (χ0) is 11.8. The molecular weight excluding hydrogens is 250 g/mol. The van der Waals surface area contributed by atoms with E-state index < -0.39 is 0 Å². The van der Waals surface area contributed by atoms with E-state index in [1.54, 1.807) is 0 Å². The van der Waals surface area contributed by atoms with Crippen molar-refractivity contribution in [1.29, 1.82) is 5.26 Å². The van der Waals surface area contributed by atoms with Crippen molar-refractivity contribution < 1.29 is 0 Å². The first-order valence-electron chi connectivity index (χ1n) is 5.37. The quantitative estimate of drug-likeness (QED) is 0.858. The number of hydrogen-bond acceptors (Lipinski definition) is 5. The van der Waals surface area contributed by atoms with Gasteiger partial charge in [0.1, 0.15) is 10.9 Å². The third-order valence-electron chi connectivity index (χ3n) is 2.97. The van der Waals surface area contributed by atoms with Gasteiger partial charge in [0, 0.05) is 18.0 Å². The third-order valence-corrected chi connectivity index (χ3v) is 5.11. The number of fused-ring (bicyclic) bond motifs is 1. The second-order valence-corrected chi connectivity index (χ2v) is 6.05. The van der Waals surface area contributed by atoms with Gasteiger partial charge in [-0.2, -0.15) is 5.26 Å². The Kier molecular flexibility index (Phi) is 2.54. The number of nitrogens with zero attached hydrogens (tertiary/aromatic N) is 2. The van der Waals surface area contributed by atoms with Crippen molar-refractivity contribution in [3.05, 3.63) is 32.8 Å². The second-order valence-electron chi connectivity index (χ2n) is 4.02. The molecule has 0 fully saturated rings. The minimum absolute atomic E-state index is 0.601. The van der Waals surface area contributed by atoms with Crippen LogP contribution in [0.15, 0.2) is 17.5 Å². The van der Waals surface area contributed by atoms with Crippen LogP contribution in [0.3, 0.4) is 0 Å². The number of anilines is 2. The summed E-state index contributed by atoms with van der Waals surface area (Å²) in [6, 6.07) is 6.24. The Morgan fingerprint density at radius 2 is 2.35 bits per heavy atom. The number of nitrogen functional groups attached to an aromatic ring is 1. The number of hydrogen-bond donors (Lipinski definition) is 1. The Morgan fingerprint density at radius 3 is 3.12 bits per heavy atom. The molecule has 5 heteroatoms. The molecule has 2 aromatic heterocycles. The van der Waals surface area contributed by atoms with Gasteiger partial charge in [-0.1, -0.05) is 0 Å².